The zero-order valence-electron chi connectivity index (χ0n) is 7.48. The predicted octanol–water partition coefficient (Wildman–Crippen LogP) is 4.18. The monoisotopic (exact) mass is 296 g/mol. The zero-order valence-corrected chi connectivity index (χ0v) is 10.7. The van der Waals surface area contributed by atoms with Gasteiger partial charge in [0.25, 0.3) is 0 Å². The summed E-state index contributed by atoms with van der Waals surface area (Å²) in [6, 6.07) is 8.18. The zero-order chi connectivity index (χ0) is 10.3. The highest BCUT2D eigenvalue weighted by molar-refractivity contribution is 9.10. The van der Waals surface area contributed by atoms with Gasteiger partial charge in [-0.1, -0.05) is 39.4 Å². The number of rotatable bonds is 1. The van der Waals surface area contributed by atoms with Gasteiger partial charge in [0.1, 0.15) is 5.01 Å². The van der Waals surface area contributed by atoms with Gasteiger partial charge in [-0.25, -0.2) is 9.97 Å². The molecule has 0 unspecified atom stereocenters. The molecule has 0 aliphatic carbocycles. The van der Waals surface area contributed by atoms with Gasteiger partial charge in [0.15, 0.2) is 9.66 Å². The lowest BCUT2D eigenvalue weighted by molar-refractivity contribution is 1.49. The van der Waals surface area contributed by atoms with Gasteiger partial charge in [-0.05, 0) is 12.1 Å². The van der Waals surface area contributed by atoms with Crippen LogP contribution in [0.4, 0.5) is 0 Å². The first-order valence-electron chi connectivity index (χ1n) is 4.29. The van der Waals surface area contributed by atoms with Crippen LogP contribution in [0.25, 0.3) is 20.2 Å². The Bertz CT molecular complexity index is 569. The smallest absolute Gasteiger partial charge is 0.155 e. The van der Waals surface area contributed by atoms with E-state index in [-0.39, 0.29) is 0 Å². The number of benzene rings is 1. The van der Waals surface area contributed by atoms with Crippen molar-refractivity contribution in [2.24, 2.45) is 0 Å². The molecule has 0 aliphatic heterocycles. The quantitative estimate of drug-likeness (QED) is 0.673. The van der Waals surface area contributed by atoms with E-state index in [1.54, 1.807) is 22.7 Å². The molecule has 0 saturated heterocycles. The lowest BCUT2D eigenvalue weighted by Gasteiger charge is -1.94. The molecule has 0 aliphatic rings. The molecule has 0 bridgehead atoms. The molecule has 74 valence electrons. The van der Waals surface area contributed by atoms with Gasteiger partial charge >= 0.3 is 0 Å². The number of hydrogen-bond donors (Lipinski definition) is 0. The summed E-state index contributed by atoms with van der Waals surface area (Å²) in [4.78, 5) is 10.8. The molecule has 3 rings (SSSR count). The van der Waals surface area contributed by atoms with Crippen molar-refractivity contribution in [3.63, 3.8) is 0 Å². The highest BCUT2D eigenvalue weighted by atomic mass is 79.9. The summed E-state index contributed by atoms with van der Waals surface area (Å²) in [5.74, 6) is 0. The molecular weight excluding hydrogens is 292 g/mol. The molecule has 15 heavy (non-hydrogen) atoms. The van der Waals surface area contributed by atoms with Crippen molar-refractivity contribution >= 4 is 48.3 Å². The molecule has 2 heterocycles. The highest BCUT2D eigenvalue weighted by Gasteiger charge is 2.07. The summed E-state index contributed by atoms with van der Waals surface area (Å²) in [5.41, 5.74) is 2.98. The standard InChI is InChI=1S/C10H5BrN2S2/c11-7-3-1-6(2-4-7)8-13-10-9(15-8)12-5-14-10/h1-5H. The van der Waals surface area contributed by atoms with Gasteiger partial charge in [0.2, 0.25) is 0 Å². The van der Waals surface area contributed by atoms with Crippen molar-refractivity contribution in [2.75, 3.05) is 0 Å². The van der Waals surface area contributed by atoms with Crippen LogP contribution in [0.3, 0.4) is 0 Å². The van der Waals surface area contributed by atoms with Crippen molar-refractivity contribution in [3.05, 3.63) is 34.2 Å². The summed E-state index contributed by atoms with van der Waals surface area (Å²) in [5, 5.41) is 1.04. The second-order valence-electron chi connectivity index (χ2n) is 2.99. The first-order valence-corrected chi connectivity index (χ1v) is 6.78. The van der Waals surface area contributed by atoms with E-state index in [9.17, 15) is 0 Å². The molecule has 0 spiro atoms. The maximum atomic E-state index is 4.53. The third-order valence-corrected chi connectivity index (χ3v) is 4.39. The van der Waals surface area contributed by atoms with E-state index >= 15 is 0 Å². The number of hydrogen-bond acceptors (Lipinski definition) is 4. The number of nitrogens with zero attached hydrogens (tertiary/aromatic N) is 2. The van der Waals surface area contributed by atoms with Crippen molar-refractivity contribution < 1.29 is 0 Å². The average Bonchev–Trinajstić information content (AvgIpc) is 2.78. The Balaban J connectivity index is 2.13. The summed E-state index contributed by atoms with van der Waals surface area (Å²) in [7, 11) is 0. The van der Waals surface area contributed by atoms with Crippen LogP contribution in [0.15, 0.2) is 34.2 Å². The van der Waals surface area contributed by atoms with Crippen LogP contribution in [0.1, 0.15) is 0 Å². The van der Waals surface area contributed by atoms with Gasteiger partial charge in [0.05, 0.1) is 5.51 Å². The van der Waals surface area contributed by atoms with Crippen LogP contribution in [0, 0.1) is 0 Å². The van der Waals surface area contributed by atoms with Gasteiger partial charge in [0, 0.05) is 10.0 Å². The van der Waals surface area contributed by atoms with E-state index in [0.29, 0.717) is 0 Å². The second-order valence-corrected chi connectivity index (χ2v) is 5.71. The molecule has 3 aromatic rings. The third kappa shape index (κ3) is 1.71. The Morgan fingerprint density at radius 1 is 1.07 bits per heavy atom. The van der Waals surface area contributed by atoms with E-state index in [1.165, 1.54) is 0 Å². The minimum absolute atomic E-state index is 1.03. The maximum absolute atomic E-state index is 4.53. The molecule has 2 nitrogen and oxygen atoms in total. The lowest BCUT2D eigenvalue weighted by atomic mass is 10.2. The first kappa shape index (κ1) is 9.45. The number of halogens is 1. The summed E-state index contributed by atoms with van der Waals surface area (Å²) < 4.78 is 1.09. The molecule has 0 radical (unpaired) electrons. The van der Waals surface area contributed by atoms with Crippen molar-refractivity contribution in [2.45, 2.75) is 0 Å². The fraction of sp³-hybridized carbons (Fsp3) is 0. The van der Waals surface area contributed by atoms with Crippen molar-refractivity contribution in [1.29, 1.82) is 0 Å². The summed E-state index contributed by atoms with van der Waals surface area (Å²) in [6.45, 7) is 0. The third-order valence-electron chi connectivity index (χ3n) is 2.00. The minimum Gasteiger partial charge on any atom is -0.232 e. The Hall–Kier alpha value is -0.780. The fourth-order valence-corrected chi connectivity index (χ4v) is 3.32. The highest BCUT2D eigenvalue weighted by Crippen LogP contribution is 2.31. The van der Waals surface area contributed by atoms with E-state index in [4.69, 9.17) is 0 Å². The van der Waals surface area contributed by atoms with E-state index < -0.39 is 0 Å². The summed E-state index contributed by atoms with van der Waals surface area (Å²) in [6.07, 6.45) is 0. The molecule has 0 N–H and O–H groups in total. The van der Waals surface area contributed by atoms with Crippen molar-refractivity contribution in [1.82, 2.24) is 9.97 Å². The van der Waals surface area contributed by atoms with Crippen LogP contribution in [-0.4, -0.2) is 9.97 Å². The van der Waals surface area contributed by atoms with Crippen LogP contribution in [0.5, 0.6) is 0 Å². The Morgan fingerprint density at radius 2 is 1.87 bits per heavy atom. The topological polar surface area (TPSA) is 25.8 Å². The number of aromatic nitrogens is 2. The number of fused-ring (bicyclic) bond motifs is 1. The SMILES string of the molecule is Brc1ccc(-c2nc3scnc3s2)cc1. The fourth-order valence-electron chi connectivity index (χ4n) is 1.30. The van der Waals surface area contributed by atoms with Gasteiger partial charge in [-0.15, -0.1) is 11.3 Å². The van der Waals surface area contributed by atoms with Crippen LogP contribution >= 0.6 is 38.6 Å². The molecule has 0 saturated carbocycles. The average molecular weight is 297 g/mol. The normalized spacial score (nSPS) is 11.0. The molecule has 5 heteroatoms. The van der Waals surface area contributed by atoms with Crippen LogP contribution in [0.2, 0.25) is 0 Å². The van der Waals surface area contributed by atoms with Crippen molar-refractivity contribution in [3.8, 4) is 10.6 Å². The molecule has 1 aromatic carbocycles. The van der Waals surface area contributed by atoms with Crippen LogP contribution < -0.4 is 0 Å². The lowest BCUT2D eigenvalue weighted by Crippen LogP contribution is -1.73. The van der Waals surface area contributed by atoms with Gasteiger partial charge in [-0.2, -0.15) is 0 Å². The van der Waals surface area contributed by atoms with Crippen LogP contribution in [-0.2, 0) is 0 Å². The minimum atomic E-state index is 1.03. The largest absolute Gasteiger partial charge is 0.232 e. The Morgan fingerprint density at radius 3 is 2.60 bits per heavy atom. The van der Waals surface area contributed by atoms with Gasteiger partial charge < -0.3 is 0 Å². The Labute approximate surface area is 103 Å². The van der Waals surface area contributed by atoms with Gasteiger partial charge in [-0.3, -0.25) is 0 Å². The Kier molecular flexibility index (Phi) is 2.31. The first-order chi connectivity index (χ1) is 7.33. The van der Waals surface area contributed by atoms with E-state index in [0.717, 1.165) is 24.7 Å². The number of thiazole rings is 2. The predicted molar refractivity (Wildman–Crippen MR) is 68.4 cm³/mol. The molecular formula is C10H5BrN2S2. The second kappa shape index (κ2) is 3.66. The molecule has 0 amide bonds. The van der Waals surface area contributed by atoms with E-state index in [2.05, 4.69) is 38.0 Å². The molecule has 2 aromatic heterocycles. The van der Waals surface area contributed by atoms with E-state index in [1.807, 2.05) is 17.6 Å². The molecule has 0 fully saturated rings. The molecule has 0 atom stereocenters. The maximum Gasteiger partial charge on any atom is 0.155 e. The summed E-state index contributed by atoms with van der Waals surface area (Å²) >= 11 is 6.64.